The Morgan fingerprint density at radius 3 is 2.75 bits per heavy atom. The summed E-state index contributed by atoms with van der Waals surface area (Å²) in [6.07, 6.45) is 1.46. The van der Waals surface area contributed by atoms with Gasteiger partial charge in [-0.1, -0.05) is 35.9 Å². The van der Waals surface area contributed by atoms with E-state index < -0.39 is 11.8 Å². The van der Waals surface area contributed by atoms with E-state index >= 15 is 0 Å². The Bertz CT molecular complexity index is 762. The molecule has 0 aliphatic heterocycles. The van der Waals surface area contributed by atoms with Crippen LogP contribution in [0.4, 0.5) is 0 Å². The van der Waals surface area contributed by atoms with Crippen molar-refractivity contribution in [3.8, 4) is 5.75 Å². The second-order valence-corrected chi connectivity index (χ2v) is 5.17. The molecule has 2 aromatic rings. The van der Waals surface area contributed by atoms with Crippen molar-refractivity contribution in [2.45, 2.75) is 0 Å². The molecule has 2 aromatic carbocycles. The van der Waals surface area contributed by atoms with E-state index in [1.54, 1.807) is 48.5 Å². The fourth-order valence-corrected chi connectivity index (χ4v) is 2.09. The summed E-state index contributed by atoms with van der Waals surface area (Å²) in [5.41, 5.74) is 3.43. The Morgan fingerprint density at radius 1 is 1.21 bits per heavy atom. The van der Waals surface area contributed by atoms with E-state index in [1.807, 2.05) is 0 Å². The number of amides is 2. The zero-order valence-corrected chi connectivity index (χ0v) is 13.7. The number of hydrogen-bond acceptors (Lipinski definition) is 4. The molecule has 7 heteroatoms. The van der Waals surface area contributed by atoms with Crippen LogP contribution in [-0.4, -0.2) is 31.7 Å². The van der Waals surface area contributed by atoms with Gasteiger partial charge in [-0.2, -0.15) is 5.10 Å². The molecule has 0 saturated heterocycles. The summed E-state index contributed by atoms with van der Waals surface area (Å²) in [4.78, 5) is 23.7. The molecule has 2 N–H and O–H groups in total. The number of carbonyl (C=O) groups excluding carboxylic acids is 2. The van der Waals surface area contributed by atoms with Crippen LogP contribution in [0.5, 0.6) is 5.75 Å². The molecule has 2 amide bonds. The maximum absolute atomic E-state index is 12.0. The molecule has 0 aliphatic rings. The first-order valence-electron chi connectivity index (χ1n) is 7.09. The van der Waals surface area contributed by atoms with Crippen molar-refractivity contribution in [3.63, 3.8) is 0 Å². The summed E-state index contributed by atoms with van der Waals surface area (Å²) < 4.78 is 5.10. The highest BCUT2D eigenvalue weighted by Gasteiger charge is 2.12. The van der Waals surface area contributed by atoms with Gasteiger partial charge in [0, 0.05) is 5.02 Å². The minimum absolute atomic E-state index is 0.205. The zero-order valence-electron chi connectivity index (χ0n) is 13.0. The molecule has 0 aromatic heterocycles. The molecule has 0 radical (unpaired) electrons. The van der Waals surface area contributed by atoms with Gasteiger partial charge in [0.15, 0.2) is 0 Å². The highest BCUT2D eigenvalue weighted by atomic mass is 35.5. The van der Waals surface area contributed by atoms with Gasteiger partial charge in [-0.25, -0.2) is 5.43 Å². The first-order chi connectivity index (χ1) is 11.6. The Hall–Kier alpha value is -2.86. The second kappa shape index (κ2) is 8.69. The first kappa shape index (κ1) is 17.5. The van der Waals surface area contributed by atoms with Crippen LogP contribution in [0.2, 0.25) is 5.02 Å². The molecular formula is C17H16ClN3O3. The topological polar surface area (TPSA) is 79.8 Å². The summed E-state index contributed by atoms with van der Waals surface area (Å²) in [7, 11) is 1.48. The number of rotatable bonds is 6. The van der Waals surface area contributed by atoms with Crippen molar-refractivity contribution in [2.75, 3.05) is 13.7 Å². The summed E-state index contributed by atoms with van der Waals surface area (Å²) in [5, 5.41) is 6.89. The third-order valence-corrected chi connectivity index (χ3v) is 3.25. The molecule has 0 fully saturated rings. The van der Waals surface area contributed by atoms with Crippen LogP contribution in [0.25, 0.3) is 0 Å². The number of benzene rings is 2. The van der Waals surface area contributed by atoms with Gasteiger partial charge in [0.1, 0.15) is 5.75 Å². The van der Waals surface area contributed by atoms with Crippen LogP contribution in [0.3, 0.4) is 0 Å². The average molecular weight is 346 g/mol. The van der Waals surface area contributed by atoms with Gasteiger partial charge < -0.3 is 10.1 Å². The number of hydrazone groups is 1. The number of ether oxygens (including phenoxy) is 1. The number of halogens is 1. The molecular weight excluding hydrogens is 330 g/mol. The number of para-hydroxylation sites is 1. The number of hydrogen-bond donors (Lipinski definition) is 2. The number of carbonyl (C=O) groups is 2. The largest absolute Gasteiger partial charge is 0.496 e. The normalized spacial score (nSPS) is 10.4. The van der Waals surface area contributed by atoms with E-state index in [0.29, 0.717) is 16.3 Å². The Morgan fingerprint density at radius 2 is 2.00 bits per heavy atom. The maximum Gasteiger partial charge on any atom is 0.259 e. The predicted octanol–water partition coefficient (Wildman–Crippen LogP) is 2.23. The molecule has 0 aliphatic carbocycles. The molecule has 0 atom stereocenters. The quantitative estimate of drug-likeness (QED) is 0.622. The molecule has 0 spiro atoms. The standard InChI is InChI=1S/C17H16ClN3O3/c1-24-15-8-3-2-7-14(15)17(23)19-11-16(22)21-20-10-12-5-4-6-13(18)9-12/h2-10H,11H2,1H3,(H,19,23)(H,21,22)/b20-10+. The van der Waals surface area contributed by atoms with Crippen molar-refractivity contribution in [1.29, 1.82) is 0 Å². The van der Waals surface area contributed by atoms with Crippen molar-refractivity contribution in [1.82, 2.24) is 10.7 Å². The third-order valence-electron chi connectivity index (χ3n) is 3.01. The maximum atomic E-state index is 12.0. The smallest absolute Gasteiger partial charge is 0.259 e. The van der Waals surface area contributed by atoms with Gasteiger partial charge in [-0.05, 0) is 29.8 Å². The van der Waals surface area contributed by atoms with Crippen LogP contribution >= 0.6 is 11.6 Å². The monoisotopic (exact) mass is 345 g/mol. The molecule has 24 heavy (non-hydrogen) atoms. The van der Waals surface area contributed by atoms with Gasteiger partial charge in [0.25, 0.3) is 11.8 Å². The lowest BCUT2D eigenvalue weighted by Crippen LogP contribution is -2.35. The lowest BCUT2D eigenvalue weighted by molar-refractivity contribution is -0.120. The average Bonchev–Trinajstić information content (AvgIpc) is 2.59. The first-order valence-corrected chi connectivity index (χ1v) is 7.46. The minimum Gasteiger partial charge on any atom is -0.496 e. The van der Waals surface area contributed by atoms with E-state index in [9.17, 15) is 9.59 Å². The number of nitrogens with zero attached hydrogens (tertiary/aromatic N) is 1. The fraction of sp³-hybridized carbons (Fsp3) is 0.118. The summed E-state index contributed by atoms with van der Waals surface area (Å²) >= 11 is 5.85. The van der Waals surface area contributed by atoms with Gasteiger partial charge in [-0.3, -0.25) is 9.59 Å². The van der Waals surface area contributed by atoms with Crippen molar-refractivity contribution in [3.05, 3.63) is 64.7 Å². The Balaban J connectivity index is 1.83. The molecule has 0 heterocycles. The van der Waals surface area contributed by atoms with Crippen LogP contribution in [0.1, 0.15) is 15.9 Å². The number of methoxy groups -OCH3 is 1. The van der Waals surface area contributed by atoms with Crippen LogP contribution in [-0.2, 0) is 4.79 Å². The molecule has 0 bridgehead atoms. The van der Waals surface area contributed by atoms with E-state index in [2.05, 4.69) is 15.8 Å². The summed E-state index contributed by atoms with van der Waals surface area (Å²) in [6.45, 7) is -0.205. The van der Waals surface area contributed by atoms with Gasteiger partial charge in [0.2, 0.25) is 0 Å². The van der Waals surface area contributed by atoms with Crippen LogP contribution < -0.4 is 15.5 Å². The van der Waals surface area contributed by atoms with E-state index in [-0.39, 0.29) is 6.54 Å². The third kappa shape index (κ3) is 5.10. The molecule has 2 rings (SSSR count). The SMILES string of the molecule is COc1ccccc1C(=O)NCC(=O)N/N=C/c1cccc(Cl)c1. The van der Waals surface area contributed by atoms with Crippen LogP contribution in [0, 0.1) is 0 Å². The lowest BCUT2D eigenvalue weighted by Gasteiger charge is -2.08. The minimum atomic E-state index is -0.448. The van der Waals surface area contributed by atoms with E-state index in [4.69, 9.17) is 16.3 Å². The molecule has 0 unspecified atom stereocenters. The van der Waals surface area contributed by atoms with Crippen molar-refractivity contribution < 1.29 is 14.3 Å². The van der Waals surface area contributed by atoms with E-state index in [1.165, 1.54) is 13.3 Å². The predicted molar refractivity (Wildman–Crippen MR) is 92.5 cm³/mol. The number of nitrogens with one attached hydrogen (secondary N) is 2. The fourth-order valence-electron chi connectivity index (χ4n) is 1.89. The Labute approximate surface area is 144 Å². The highest BCUT2D eigenvalue weighted by molar-refractivity contribution is 6.30. The molecule has 6 nitrogen and oxygen atoms in total. The highest BCUT2D eigenvalue weighted by Crippen LogP contribution is 2.16. The lowest BCUT2D eigenvalue weighted by atomic mass is 10.2. The Kier molecular flexibility index (Phi) is 6.33. The van der Waals surface area contributed by atoms with E-state index in [0.717, 1.165) is 5.56 Å². The van der Waals surface area contributed by atoms with Crippen molar-refractivity contribution >= 4 is 29.6 Å². The van der Waals surface area contributed by atoms with Crippen LogP contribution in [0.15, 0.2) is 53.6 Å². The summed E-state index contributed by atoms with van der Waals surface area (Å²) in [6, 6.07) is 13.8. The molecule has 124 valence electrons. The van der Waals surface area contributed by atoms with Crippen molar-refractivity contribution in [2.24, 2.45) is 5.10 Å². The van der Waals surface area contributed by atoms with Gasteiger partial charge >= 0.3 is 0 Å². The second-order valence-electron chi connectivity index (χ2n) is 4.73. The molecule has 0 saturated carbocycles. The van der Waals surface area contributed by atoms with Gasteiger partial charge in [-0.15, -0.1) is 0 Å². The summed E-state index contributed by atoms with van der Waals surface area (Å²) in [5.74, 6) is -0.410. The zero-order chi connectivity index (χ0) is 17.4. The van der Waals surface area contributed by atoms with Gasteiger partial charge in [0.05, 0.1) is 25.4 Å².